The lowest BCUT2D eigenvalue weighted by atomic mass is 10.1. The first-order chi connectivity index (χ1) is 14.8. The van der Waals surface area contributed by atoms with Crippen molar-refractivity contribution in [1.29, 1.82) is 0 Å². The van der Waals surface area contributed by atoms with Crippen LogP contribution in [-0.2, 0) is 6.18 Å². The van der Waals surface area contributed by atoms with E-state index in [-0.39, 0.29) is 0 Å². The zero-order chi connectivity index (χ0) is 22.4. The van der Waals surface area contributed by atoms with Crippen LogP contribution in [0.3, 0.4) is 0 Å². The molecule has 0 aliphatic heterocycles. The van der Waals surface area contributed by atoms with Crippen molar-refractivity contribution in [2.45, 2.75) is 26.4 Å². The second-order valence-corrected chi connectivity index (χ2v) is 7.19. The maximum atomic E-state index is 13.3. The highest BCUT2D eigenvalue weighted by Gasteiger charge is 2.34. The summed E-state index contributed by atoms with van der Waals surface area (Å²) in [4.78, 5) is 17.1. The van der Waals surface area contributed by atoms with Crippen LogP contribution in [0.5, 0.6) is 0 Å². The number of rotatable bonds is 8. The first-order valence-corrected chi connectivity index (χ1v) is 10.1. The predicted molar refractivity (Wildman–Crippen MR) is 118 cm³/mol. The van der Waals surface area contributed by atoms with Gasteiger partial charge in [-0.2, -0.15) is 13.2 Å². The van der Waals surface area contributed by atoms with Crippen molar-refractivity contribution in [2.75, 3.05) is 30.3 Å². The molecule has 0 atom stereocenters. The third kappa shape index (κ3) is 5.32. The minimum atomic E-state index is -4.62. The van der Waals surface area contributed by atoms with Gasteiger partial charge in [-0.15, -0.1) is 0 Å². The second kappa shape index (κ2) is 9.78. The molecule has 1 heterocycles. The smallest absolute Gasteiger partial charge is 0.383 e. The van der Waals surface area contributed by atoms with Gasteiger partial charge in [0.15, 0.2) is 0 Å². The van der Waals surface area contributed by atoms with Gasteiger partial charge >= 0.3 is 6.18 Å². The maximum absolute atomic E-state index is 13.3. The quantitative estimate of drug-likeness (QED) is 0.429. The van der Waals surface area contributed by atoms with Crippen molar-refractivity contribution >= 4 is 28.2 Å². The van der Waals surface area contributed by atoms with E-state index >= 15 is 0 Å². The van der Waals surface area contributed by atoms with Crippen LogP contribution in [0.4, 0.5) is 24.5 Å². The van der Waals surface area contributed by atoms with E-state index in [0.29, 0.717) is 17.7 Å². The van der Waals surface area contributed by atoms with E-state index in [1.54, 1.807) is 18.3 Å². The number of anilines is 2. The van der Waals surface area contributed by atoms with Crippen molar-refractivity contribution in [1.82, 2.24) is 10.3 Å². The SMILES string of the molecule is CCCNCCNc1c(C)cnc2c(NC(=O)c3ccccc3C(F)(F)F)cccc12. The summed E-state index contributed by atoms with van der Waals surface area (Å²) >= 11 is 0. The van der Waals surface area contributed by atoms with Gasteiger partial charge in [-0.3, -0.25) is 9.78 Å². The van der Waals surface area contributed by atoms with E-state index in [1.165, 1.54) is 12.1 Å². The topological polar surface area (TPSA) is 66.1 Å². The summed E-state index contributed by atoms with van der Waals surface area (Å²) in [5, 5.41) is 10.1. The minimum absolute atomic E-state index is 0.353. The van der Waals surface area contributed by atoms with E-state index < -0.39 is 23.2 Å². The van der Waals surface area contributed by atoms with Gasteiger partial charge in [0, 0.05) is 30.4 Å². The van der Waals surface area contributed by atoms with Crippen LogP contribution in [0.1, 0.15) is 34.8 Å². The molecule has 3 aromatic rings. The van der Waals surface area contributed by atoms with Gasteiger partial charge in [-0.25, -0.2) is 0 Å². The molecule has 8 heteroatoms. The highest BCUT2D eigenvalue weighted by Crippen LogP contribution is 2.33. The van der Waals surface area contributed by atoms with E-state index in [1.807, 2.05) is 13.0 Å². The number of alkyl halides is 3. The Bertz CT molecular complexity index is 1070. The number of nitrogens with zero attached hydrogens (tertiary/aromatic N) is 1. The number of para-hydroxylation sites is 1. The summed E-state index contributed by atoms with van der Waals surface area (Å²) < 4.78 is 39.9. The van der Waals surface area contributed by atoms with Crippen molar-refractivity contribution in [3.05, 3.63) is 65.4 Å². The molecule has 0 unspecified atom stereocenters. The van der Waals surface area contributed by atoms with Gasteiger partial charge in [0.25, 0.3) is 5.91 Å². The molecule has 0 aliphatic carbocycles. The van der Waals surface area contributed by atoms with Gasteiger partial charge in [-0.1, -0.05) is 31.2 Å². The third-order valence-electron chi connectivity index (χ3n) is 4.84. The summed E-state index contributed by atoms with van der Waals surface area (Å²) in [6, 6.07) is 9.97. The third-order valence-corrected chi connectivity index (χ3v) is 4.84. The fourth-order valence-electron chi connectivity index (χ4n) is 3.35. The molecule has 0 radical (unpaired) electrons. The molecule has 1 aromatic heterocycles. The lowest BCUT2D eigenvalue weighted by Crippen LogP contribution is -2.23. The molecule has 0 aliphatic rings. The largest absolute Gasteiger partial charge is 0.417 e. The summed E-state index contributed by atoms with van der Waals surface area (Å²) in [7, 11) is 0. The molecular weight excluding hydrogens is 405 g/mol. The van der Waals surface area contributed by atoms with Crippen LogP contribution < -0.4 is 16.0 Å². The van der Waals surface area contributed by atoms with Gasteiger partial charge in [0.05, 0.1) is 22.3 Å². The minimum Gasteiger partial charge on any atom is -0.383 e. The molecule has 0 bridgehead atoms. The van der Waals surface area contributed by atoms with Crippen LogP contribution in [0.15, 0.2) is 48.7 Å². The Hall–Kier alpha value is -3.13. The van der Waals surface area contributed by atoms with Gasteiger partial charge < -0.3 is 16.0 Å². The molecule has 3 rings (SSSR count). The Balaban J connectivity index is 1.89. The number of halogens is 3. The van der Waals surface area contributed by atoms with Crippen molar-refractivity contribution < 1.29 is 18.0 Å². The Labute approximate surface area is 179 Å². The molecule has 5 nitrogen and oxygen atoms in total. The number of hydrogen-bond acceptors (Lipinski definition) is 4. The van der Waals surface area contributed by atoms with Crippen molar-refractivity contribution in [3.8, 4) is 0 Å². The number of benzene rings is 2. The van der Waals surface area contributed by atoms with Crippen LogP contribution in [-0.4, -0.2) is 30.5 Å². The Kier molecular flexibility index (Phi) is 7.12. The van der Waals surface area contributed by atoms with E-state index in [0.717, 1.165) is 48.3 Å². The van der Waals surface area contributed by atoms with Crippen LogP contribution >= 0.6 is 0 Å². The van der Waals surface area contributed by atoms with Crippen LogP contribution in [0.25, 0.3) is 10.9 Å². The molecular formula is C23H25F3N4O. The zero-order valence-electron chi connectivity index (χ0n) is 17.4. The number of aromatic nitrogens is 1. The summed E-state index contributed by atoms with van der Waals surface area (Å²) in [5.41, 5.74) is 1.28. The number of fused-ring (bicyclic) bond motifs is 1. The first-order valence-electron chi connectivity index (χ1n) is 10.1. The Morgan fingerprint density at radius 1 is 1.03 bits per heavy atom. The van der Waals surface area contributed by atoms with Gasteiger partial charge in [-0.05, 0) is 43.7 Å². The lowest BCUT2D eigenvalue weighted by molar-refractivity contribution is -0.137. The number of pyridine rings is 1. The average molecular weight is 430 g/mol. The summed E-state index contributed by atoms with van der Waals surface area (Å²) in [6.07, 6.45) is -1.88. The highest BCUT2D eigenvalue weighted by atomic mass is 19.4. The first kappa shape index (κ1) is 22.6. The molecule has 0 saturated heterocycles. The van der Waals surface area contributed by atoms with Crippen molar-refractivity contribution in [3.63, 3.8) is 0 Å². The molecule has 2 aromatic carbocycles. The van der Waals surface area contributed by atoms with Crippen molar-refractivity contribution in [2.24, 2.45) is 0 Å². The maximum Gasteiger partial charge on any atom is 0.417 e. The summed E-state index contributed by atoms with van der Waals surface area (Å²) in [5.74, 6) is -0.832. The fourth-order valence-corrected chi connectivity index (χ4v) is 3.35. The standard InChI is InChI=1S/C23H25F3N4O/c1-3-11-27-12-13-28-20-15(2)14-29-21-17(20)8-6-10-19(21)30-22(31)16-7-4-5-9-18(16)23(24,25)26/h4-10,14,27H,3,11-13H2,1-2H3,(H,28,29)(H,30,31). The van der Waals surface area contributed by atoms with E-state index in [4.69, 9.17) is 0 Å². The van der Waals surface area contributed by atoms with Gasteiger partial charge in [0.2, 0.25) is 0 Å². The molecule has 1 amide bonds. The number of aryl methyl sites for hydroxylation is 1. The average Bonchev–Trinajstić information content (AvgIpc) is 2.74. The van der Waals surface area contributed by atoms with E-state index in [2.05, 4.69) is 27.9 Å². The zero-order valence-corrected chi connectivity index (χ0v) is 17.4. The highest BCUT2D eigenvalue weighted by molar-refractivity contribution is 6.10. The number of carbonyl (C=O) groups is 1. The second-order valence-electron chi connectivity index (χ2n) is 7.19. The number of carbonyl (C=O) groups excluding carboxylic acids is 1. The molecule has 3 N–H and O–H groups in total. The molecule has 0 fully saturated rings. The fraction of sp³-hybridized carbons (Fsp3) is 0.304. The Morgan fingerprint density at radius 2 is 1.81 bits per heavy atom. The summed E-state index contributed by atoms with van der Waals surface area (Å²) in [6.45, 7) is 6.47. The van der Waals surface area contributed by atoms with Crippen LogP contribution in [0.2, 0.25) is 0 Å². The molecule has 31 heavy (non-hydrogen) atoms. The predicted octanol–water partition coefficient (Wildman–Crippen LogP) is 5.23. The number of hydrogen-bond donors (Lipinski definition) is 3. The lowest BCUT2D eigenvalue weighted by Gasteiger charge is -2.16. The van der Waals surface area contributed by atoms with E-state index in [9.17, 15) is 18.0 Å². The van der Waals surface area contributed by atoms with Crippen LogP contribution in [0, 0.1) is 6.92 Å². The molecule has 0 saturated carbocycles. The number of nitrogens with one attached hydrogen (secondary N) is 3. The molecule has 164 valence electrons. The Morgan fingerprint density at radius 3 is 2.55 bits per heavy atom. The molecule has 0 spiro atoms. The normalized spacial score (nSPS) is 11.5. The van der Waals surface area contributed by atoms with Gasteiger partial charge in [0.1, 0.15) is 0 Å². The number of amides is 1. The monoisotopic (exact) mass is 430 g/mol.